The first-order chi connectivity index (χ1) is 8.20. The maximum atomic E-state index is 10.6. The van der Waals surface area contributed by atoms with Crippen LogP contribution >= 0.6 is 0 Å². The number of benzene rings is 1. The molecule has 17 heavy (non-hydrogen) atoms. The van der Waals surface area contributed by atoms with Crippen LogP contribution in [0.5, 0.6) is 0 Å². The largest absolute Gasteiger partial charge is 0.359 e. The molecule has 1 heterocycles. The number of nitrogens with zero attached hydrogens (tertiary/aromatic N) is 2. The zero-order chi connectivity index (χ0) is 12.3. The van der Waals surface area contributed by atoms with E-state index in [-0.39, 0.29) is 5.69 Å². The summed E-state index contributed by atoms with van der Waals surface area (Å²) in [5.41, 5.74) is 0.751. The molecule has 0 aliphatic heterocycles. The van der Waals surface area contributed by atoms with Crippen molar-refractivity contribution in [2.24, 2.45) is 0 Å². The van der Waals surface area contributed by atoms with Crippen molar-refractivity contribution in [1.29, 1.82) is 0 Å². The number of hydrogen-bond acceptors (Lipinski definition) is 4. The standard InChI is InChI=1S/C12H9N3O2/c1-2-7-13-12-6-3-9-8-10(15(16)17)4-5-11(9)14-12/h1,3-6,8H,7H2,(H,13,14). The van der Waals surface area contributed by atoms with E-state index in [1.54, 1.807) is 18.2 Å². The molecule has 0 fully saturated rings. The Balaban J connectivity index is 2.40. The number of pyridine rings is 1. The number of hydrogen-bond donors (Lipinski definition) is 1. The zero-order valence-corrected chi connectivity index (χ0v) is 8.88. The van der Waals surface area contributed by atoms with Gasteiger partial charge in [-0.15, -0.1) is 6.42 Å². The summed E-state index contributed by atoms with van der Waals surface area (Å²) in [6.45, 7) is 0.394. The van der Waals surface area contributed by atoms with Gasteiger partial charge in [-0.1, -0.05) is 5.92 Å². The van der Waals surface area contributed by atoms with Gasteiger partial charge in [-0.2, -0.15) is 0 Å². The van der Waals surface area contributed by atoms with Gasteiger partial charge < -0.3 is 5.32 Å². The minimum atomic E-state index is -0.427. The molecule has 0 saturated heterocycles. The summed E-state index contributed by atoms with van der Waals surface area (Å²) in [5, 5.41) is 14.3. The number of nitro groups is 1. The van der Waals surface area contributed by atoms with E-state index in [1.165, 1.54) is 12.1 Å². The Bertz CT molecular complexity index is 617. The smallest absolute Gasteiger partial charge is 0.270 e. The van der Waals surface area contributed by atoms with Crippen LogP contribution in [0.15, 0.2) is 30.3 Å². The molecule has 5 heteroatoms. The van der Waals surface area contributed by atoms with E-state index in [1.807, 2.05) is 0 Å². The normalized spacial score (nSPS) is 9.82. The molecule has 2 aromatic rings. The number of nitrogens with one attached hydrogen (secondary N) is 1. The molecule has 2 rings (SSSR count). The van der Waals surface area contributed by atoms with Gasteiger partial charge in [0.05, 0.1) is 17.0 Å². The lowest BCUT2D eigenvalue weighted by molar-refractivity contribution is -0.384. The van der Waals surface area contributed by atoms with E-state index in [4.69, 9.17) is 6.42 Å². The van der Waals surface area contributed by atoms with E-state index >= 15 is 0 Å². The van der Waals surface area contributed by atoms with Crippen LogP contribution in [0.3, 0.4) is 0 Å². The molecular formula is C12H9N3O2. The first-order valence-electron chi connectivity index (χ1n) is 4.93. The van der Waals surface area contributed by atoms with Crippen molar-refractivity contribution in [2.75, 3.05) is 11.9 Å². The summed E-state index contributed by atoms with van der Waals surface area (Å²) >= 11 is 0. The molecule has 1 aromatic heterocycles. The lowest BCUT2D eigenvalue weighted by Gasteiger charge is -2.03. The fourth-order valence-electron chi connectivity index (χ4n) is 1.47. The first kappa shape index (κ1) is 10.9. The minimum Gasteiger partial charge on any atom is -0.359 e. The summed E-state index contributed by atoms with van der Waals surface area (Å²) < 4.78 is 0. The molecule has 0 aliphatic carbocycles. The molecule has 0 amide bonds. The van der Waals surface area contributed by atoms with Crippen molar-refractivity contribution < 1.29 is 4.92 Å². The second-order valence-corrected chi connectivity index (χ2v) is 3.39. The molecule has 84 valence electrons. The van der Waals surface area contributed by atoms with Crippen LogP contribution in [0.2, 0.25) is 0 Å². The summed E-state index contributed by atoms with van der Waals surface area (Å²) in [6.07, 6.45) is 5.13. The van der Waals surface area contributed by atoms with Gasteiger partial charge in [-0.05, 0) is 18.2 Å². The van der Waals surface area contributed by atoms with Gasteiger partial charge in [0.1, 0.15) is 5.82 Å². The summed E-state index contributed by atoms with van der Waals surface area (Å²) in [6, 6.07) is 8.06. The predicted octanol–water partition coefficient (Wildman–Crippen LogP) is 2.19. The van der Waals surface area contributed by atoms with Gasteiger partial charge in [0.15, 0.2) is 0 Å². The monoisotopic (exact) mass is 227 g/mol. The molecular weight excluding hydrogens is 218 g/mol. The molecule has 5 nitrogen and oxygen atoms in total. The van der Waals surface area contributed by atoms with Crippen molar-refractivity contribution in [2.45, 2.75) is 0 Å². The van der Waals surface area contributed by atoms with Crippen LogP contribution in [0.4, 0.5) is 11.5 Å². The van der Waals surface area contributed by atoms with E-state index in [2.05, 4.69) is 16.2 Å². The van der Waals surface area contributed by atoms with E-state index in [0.717, 1.165) is 5.39 Å². The minimum absolute atomic E-state index is 0.0589. The highest BCUT2D eigenvalue weighted by Crippen LogP contribution is 2.20. The highest BCUT2D eigenvalue weighted by molar-refractivity contribution is 5.82. The Labute approximate surface area is 97.6 Å². The zero-order valence-electron chi connectivity index (χ0n) is 8.88. The van der Waals surface area contributed by atoms with Crippen molar-refractivity contribution in [1.82, 2.24) is 4.98 Å². The van der Waals surface area contributed by atoms with Crippen LogP contribution in [-0.2, 0) is 0 Å². The van der Waals surface area contributed by atoms with Gasteiger partial charge in [0.25, 0.3) is 5.69 Å². The SMILES string of the molecule is C#CCNc1ccc2cc([N+](=O)[O-])ccc2n1. The quantitative estimate of drug-likeness (QED) is 0.495. The van der Waals surface area contributed by atoms with Crippen molar-refractivity contribution in [3.8, 4) is 12.3 Å². The maximum Gasteiger partial charge on any atom is 0.270 e. The fraction of sp³-hybridized carbons (Fsp3) is 0.0833. The lowest BCUT2D eigenvalue weighted by Crippen LogP contribution is -2.00. The number of rotatable bonds is 3. The Morgan fingerprint density at radius 1 is 1.41 bits per heavy atom. The van der Waals surface area contributed by atoms with E-state index < -0.39 is 4.92 Å². The van der Waals surface area contributed by atoms with Crippen LogP contribution < -0.4 is 5.32 Å². The third kappa shape index (κ3) is 2.32. The number of aromatic nitrogens is 1. The van der Waals surface area contributed by atoms with Gasteiger partial charge >= 0.3 is 0 Å². The lowest BCUT2D eigenvalue weighted by atomic mass is 10.2. The number of fused-ring (bicyclic) bond motifs is 1. The predicted molar refractivity (Wildman–Crippen MR) is 65.7 cm³/mol. The molecule has 0 spiro atoms. The Kier molecular flexibility index (Phi) is 2.88. The number of non-ortho nitro benzene ring substituents is 1. The summed E-state index contributed by atoms with van der Waals surface area (Å²) in [7, 11) is 0. The van der Waals surface area contributed by atoms with Gasteiger partial charge in [0.2, 0.25) is 0 Å². The van der Waals surface area contributed by atoms with Crippen LogP contribution in [-0.4, -0.2) is 16.5 Å². The van der Waals surface area contributed by atoms with Crippen molar-refractivity contribution in [3.63, 3.8) is 0 Å². The van der Waals surface area contributed by atoms with E-state index in [0.29, 0.717) is 17.9 Å². The van der Waals surface area contributed by atoms with Crippen molar-refractivity contribution in [3.05, 3.63) is 40.4 Å². The molecule has 0 atom stereocenters. The second kappa shape index (κ2) is 4.49. The molecule has 0 bridgehead atoms. The molecule has 0 saturated carbocycles. The van der Waals surface area contributed by atoms with Crippen molar-refractivity contribution >= 4 is 22.4 Å². The molecule has 0 radical (unpaired) electrons. The second-order valence-electron chi connectivity index (χ2n) is 3.39. The third-order valence-corrected chi connectivity index (χ3v) is 2.26. The maximum absolute atomic E-state index is 10.6. The average Bonchev–Trinajstić information content (AvgIpc) is 2.35. The topological polar surface area (TPSA) is 68.1 Å². The molecule has 1 N–H and O–H groups in total. The highest BCUT2D eigenvalue weighted by atomic mass is 16.6. The number of terminal acetylenes is 1. The Morgan fingerprint density at radius 3 is 2.94 bits per heavy atom. The third-order valence-electron chi connectivity index (χ3n) is 2.26. The number of nitro benzene ring substituents is 1. The van der Waals surface area contributed by atoms with Crippen LogP contribution in [0, 0.1) is 22.5 Å². The average molecular weight is 227 g/mol. The van der Waals surface area contributed by atoms with Crippen LogP contribution in [0.25, 0.3) is 10.9 Å². The molecule has 0 aliphatic rings. The summed E-state index contributed by atoms with van der Waals surface area (Å²) in [4.78, 5) is 14.5. The first-order valence-corrected chi connectivity index (χ1v) is 4.93. The molecule has 0 unspecified atom stereocenters. The van der Waals surface area contributed by atoms with E-state index in [9.17, 15) is 10.1 Å². The van der Waals surface area contributed by atoms with Gasteiger partial charge in [-0.25, -0.2) is 4.98 Å². The van der Waals surface area contributed by atoms with Gasteiger partial charge in [0, 0.05) is 17.5 Å². The molecule has 1 aromatic carbocycles. The van der Waals surface area contributed by atoms with Crippen LogP contribution in [0.1, 0.15) is 0 Å². The fourth-order valence-corrected chi connectivity index (χ4v) is 1.47. The van der Waals surface area contributed by atoms with Gasteiger partial charge in [-0.3, -0.25) is 10.1 Å². The Hall–Kier alpha value is -2.61. The highest BCUT2D eigenvalue weighted by Gasteiger charge is 2.06. The summed E-state index contributed by atoms with van der Waals surface area (Å²) in [5.74, 6) is 3.10. The number of anilines is 1. The Morgan fingerprint density at radius 2 is 2.24 bits per heavy atom.